The second kappa shape index (κ2) is 12.1. The number of hydrogen-bond acceptors (Lipinski definition) is 4. The third-order valence-electron chi connectivity index (χ3n) is 2.15. The molecule has 1 amide bonds. The molecule has 1 atom stereocenters. The number of amides is 1. The summed E-state index contributed by atoms with van der Waals surface area (Å²) in [5, 5.41) is 0. The van der Waals surface area contributed by atoms with Crippen molar-refractivity contribution < 1.29 is 9.53 Å². The number of rotatable bonds is 6. The van der Waals surface area contributed by atoms with Crippen molar-refractivity contribution in [2.45, 2.75) is 39.5 Å². The summed E-state index contributed by atoms with van der Waals surface area (Å²) in [5.74, 6) is 0.459. The Kier molecular flexibility index (Phi) is 15.3. The predicted molar refractivity (Wildman–Crippen MR) is 71.6 cm³/mol. The average molecular weight is 277 g/mol. The van der Waals surface area contributed by atoms with E-state index in [1.54, 1.807) is 0 Å². The van der Waals surface area contributed by atoms with Gasteiger partial charge in [0.2, 0.25) is 0 Å². The Labute approximate surface area is 146 Å². The first-order valence-electron chi connectivity index (χ1n) is 4.96. The standard InChI is InChI=1S/C9H19NO2S2.K.H/c1-3-5-6-8(4-2)7-12-9(11)10(13)14;;/h8,13-14H,3-7H2,1-2H3;;. The van der Waals surface area contributed by atoms with Crippen LogP contribution in [0.1, 0.15) is 39.5 Å². The van der Waals surface area contributed by atoms with Gasteiger partial charge in [-0.3, -0.25) is 0 Å². The summed E-state index contributed by atoms with van der Waals surface area (Å²) < 4.78 is 5.84. The van der Waals surface area contributed by atoms with E-state index in [2.05, 4.69) is 39.5 Å². The van der Waals surface area contributed by atoms with E-state index in [0.29, 0.717) is 12.5 Å². The van der Waals surface area contributed by atoms with Crippen LogP contribution in [0.15, 0.2) is 0 Å². The maximum absolute atomic E-state index is 11.0. The summed E-state index contributed by atoms with van der Waals surface area (Å²) in [4.78, 5) is 11.0. The minimum atomic E-state index is -0.508. The van der Waals surface area contributed by atoms with Gasteiger partial charge in [-0.1, -0.05) is 33.1 Å². The molecule has 86 valence electrons. The molecular weight excluding hydrogens is 257 g/mol. The Morgan fingerprint density at radius 3 is 2.40 bits per heavy atom. The first-order chi connectivity index (χ1) is 6.61. The topological polar surface area (TPSA) is 29.5 Å². The zero-order chi connectivity index (χ0) is 11.0. The predicted octanol–water partition coefficient (Wildman–Crippen LogP) is 2.68. The molecule has 15 heavy (non-hydrogen) atoms. The van der Waals surface area contributed by atoms with Crippen molar-refractivity contribution in [2.75, 3.05) is 6.61 Å². The van der Waals surface area contributed by atoms with Gasteiger partial charge in [0.05, 0.1) is 6.61 Å². The van der Waals surface area contributed by atoms with Gasteiger partial charge in [-0.25, -0.2) is 4.79 Å². The summed E-state index contributed by atoms with van der Waals surface area (Å²) in [6.45, 7) is 4.72. The summed E-state index contributed by atoms with van der Waals surface area (Å²) >= 11 is 7.44. The van der Waals surface area contributed by atoms with E-state index in [1.807, 2.05) is 0 Å². The van der Waals surface area contributed by atoms with Gasteiger partial charge in [0.1, 0.15) is 0 Å². The third-order valence-corrected chi connectivity index (χ3v) is 2.48. The van der Waals surface area contributed by atoms with E-state index >= 15 is 0 Å². The molecule has 0 saturated carbocycles. The van der Waals surface area contributed by atoms with Gasteiger partial charge in [-0.15, -0.1) is 0 Å². The van der Waals surface area contributed by atoms with Crippen LogP contribution >= 0.6 is 25.6 Å². The minimum absolute atomic E-state index is 0. The number of nitrogens with zero attached hydrogens (tertiary/aromatic N) is 1. The Morgan fingerprint density at radius 1 is 1.40 bits per heavy atom. The average Bonchev–Trinajstić information content (AvgIpc) is 2.17. The zero-order valence-electron chi connectivity index (χ0n) is 8.77. The van der Waals surface area contributed by atoms with Crippen LogP contribution in [0.25, 0.3) is 0 Å². The maximum atomic E-state index is 11.0. The molecule has 0 aromatic heterocycles. The van der Waals surface area contributed by atoms with Crippen molar-refractivity contribution in [3.63, 3.8) is 0 Å². The molecule has 1 unspecified atom stereocenters. The Balaban J connectivity index is 0. The van der Waals surface area contributed by atoms with Gasteiger partial charge in [0.15, 0.2) is 0 Å². The third kappa shape index (κ3) is 10.5. The molecule has 0 aromatic carbocycles. The Morgan fingerprint density at radius 2 is 2.00 bits per heavy atom. The molecular formula is C9H20KNO2S2. The molecule has 0 N–H and O–H groups in total. The molecule has 0 spiro atoms. The van der Waals surface area contributed by atoms with Crippen LogP contribution in [0, 0.1) is 5.92 Å². The molecule has 0 aliphatic rings. The molecule has 0 aromatic rings. The molecule has 0 aliphatic heterocycles. The second-order valence-corrected chi connectivity index (χ2v) is 4.40. The van der Waals surface area contributed by atoms with Crippen LogP contribution < -0.4 is 0 Å². The van der Waals surface area contributed by atoms with Gasteiger partial charge in [0, 0.05) is 0 Å². The second-order valence-electron chi connectivity index (χ2n) is 3.28. The molecule has 0 saturated heterocycles. The van der Waals surface area contributed by atoms with E-state index < -0.39 is 6.09 Å². The molecule has 0 rings (SSSR count). The first-order valence-corrected chi connectivity index (χ1v) is 5.76. The van der Waals surface area contributed by atoms with E-state index in [1.165, 1.54) is 12.8 Å². The summed E-state index contributed by atoms with van der Waals surface area (Å²) in [5.41, 5.74) is 0. The van der Waals surface area contributed by atoms with Crippen LogP contribution in [0.5, 0.6) is 0 Å². The van der Waals surface area contributed by atoms with E-state index in [0.717, 1.165) is 16.6 Å². The van der Waals surface area contributed by atoms with Crippen LogP contribution in [0.4, 0.5) is 4.79 Å². The number of carbonyl (C=O) groups is 1. The fourth-order valence-electron chi connectivity index (χ4n) is 1.14. The van der Waals surface area contributed by atoms with Gasteiger partial charge in [-0.05, 0) is 38.0 Å². The van der Waals surface area contributed by atoms with Gasteiger partial charge < -0.3 is 4.74 Å². The zero-order valence-corrected chi connectivity index (χ0v) is 10.6. The molecule has 0 aliphatic carbocycles. The van der Waals surface area contributed by atoms with Crippen LogP contribution in [-0.2, 0) is 4.74 Å². The van der Waals surface area contributed by atoms with Gasteiger partial charge >= 0.3 is 57.5 Å². The Bertz CT molecular complexity index is 170. The van der Waals surface area contributed by atoms with E-state index in [-0.39, 0.29) is 51.4 Å². The SMILES string of the molecule is CCCCC(CC)COC(=O)N(S)S.[KH]. The van der Waals surface area contributed by atoms with Crippen molar-refractivity contribution in [1.29, 1.82) is 0 Å². The molecule has 0 radical (unpaired) electrons. The van der Waals surface area contributed by atoms with Crippen molar-refractivity contribution in [3.8, 4) is 0 Å². The summed E-state index contributed by atoms with van der Waals surface area (Å²) in [7, 11) is 0. The van der Waals surface area contributed by atoms with Crippen molar-refractivity contribution in [3.05, 3.63) is 0 Å². The van der Waals surface area contributed by atoms with Crippen LogP contribution in [0.3, 0.4) is 0 Å². The molecule has 6 heteroatoms. The number of thiol groups is 2. The van der Waals surface area contributed by atoms with E-state index in [9.17, 15) is 4.79 Å². The van der Waals surface area contributed by atoms with Gasteiger partial charge in [-0.2, -0.15) is 3.71 Å². The van der Waals surface area contributed by atoms with Gasteiger partial charge in [0.25, 0.3) is 0 Å². The number of carbonyl (C=O) groups excluding carboxylic acids is 1. The molecule has 0 heterocycles. The monoisotopic (exact) mass is 277 g/mol. The van der Waals surface area contributed by atoms with Crippen LogP contribution in [0.2, 0.25) is 0 Å². The van der Waals surface area contributed by atoms with Crippen molar-refractivity contribution in [2.24, 2.45) is 5.92 Å². The normalized spacial score (nSPS) is 11.5. The first kappa shape index (κ1) is 19.0. The fourth-order valence-corrected chi connectivity index (χ4v) is 1.26. The van der Waals surface area contributed by atoms with E-state index in [4.69, 9.17) is 4.74 Å². The fraction of sp³-hybridized carbons (Fsp3) is 0.889. The molecule has 0 bridgehead atoms. The van der Waals surface area contributed by atoms with Crippen molar-refractivity contribution >= 4 is 83.1 Å². The summed E-state index contributed by atoms with van der Waals surface area (Å²) in [6, 6.07) is 0. The summed E-state index contributed by atoms with van der Waals surface area (Å²) in [6.07, 6.45) is 4.00. The Hall–Kier alpha value is 1.61. The van der Waals surface area contributed by atoms with Crippen molar-refractivity contribution in [1.82, 2.24) is 3.71 Å². The molecule has 0 fully saturated rings. The number of unbranched alkanes of at least 4 members (excludes halogenated alkanes) is 1. The van der Waals surface area contributed by atoms with Crippen LogP contribution in [-0.4, -0.2) is 67.8 Å². The quantitative estimate of drug-likeness (QED) is 0.577. The number of hydrogen-bond donors (Lipinski definition) is 2. The number of ether oxygens (including phenoxy) is 1. The molecule has 3 nitrogen and oxygen atoms in total.